The van der Waals surface area contributed by atoms with Crippen LogP contribution in [-0.2, 0) is 18.4 Å². The molecule has 0 spiro atoms. The van der Waals surface area contributed by atoms with Crippen molar-refractivity contribution >= 4 is 11.8 Å². The summed E-state index contributed by atoms with van der Waals surface area (Å²) in [7, 11) is 0. The summed E-state index contributed by atoms with van der Waals surface area (Å²) < 4.78 is 1.72. The summed E-state index contributed by atoms with van der Waals surface area (Å²) in [5.41, 5.74) is 3.17. The van der Waals surface area contributed by atoms with Gasteiger partial charge in [-0.2, -0.15) is 0 Å². The Morgan fingerprint density at radius 1 is 1.46 bits per heavy atom. The van der Waals surface area contributed by atoms with Crippen molar-refractivity contribution in [2.24, 2.45) is 0 Å². The number of rotatable bonds is 4. The van der Waals surface area contributed by atoms with E-state index in [1.54, 1.807) is 34.5 Å². The van der Waals surface area contributed by atoms with Gasteiger partial charge in [-0.15, -0.1) is 6.58 Å². The zero-order chi connectivity index (χ0) is 17.5. The lowest BCUT2D eigenvalue weighted by molar-refractivity contribution is 0.467. The first kappa shape index (κ1) is 16.8. The number of hydrogen-bond donors (Lipinski definition) is 1. The van der Waals surface area contributed by atoms with Crippen molar-refractivity contribution in [3.8, 4) is 17.0 Å². The van der Waals surface area contributed by atoms with Gasteiger partial charge in [-0.25, -0.2) is 4.98 Å². The highest BCUT2D eigenvalue weighted by molar-refractivity contribution is 7.99. The number of phenols is 1. The monoisotopic (exact) mass is 342 g/mol. The van der Waals surface area contributed by atoms with Crippen LogP contribution in [-0.4, -0.2) is 20.4 Å². The van der Waals surface area contributed by atoms with Crippen molar-refractivity contribution in [3.63, 3.8) is 0 Å². The zero-order valence-corrected chi connectivity index (χ0v) is 15.1. The van der Waals surface area contributed by atoms with Crippen LogP contribution < -0.4 is 5.56 Å². The molecule has 0 unspecified atom stereocenters. The number of phenolic OH excluding ortho intramolecular Hbond substituents is 1. The Kier molecular flexibility index (Phi) is 4.30. The highest BCUT2D eigenvalue weighted by Gasteiger charge is 2.36. The molecule has 1 aromatic carbocycles. The number of allylic oxidation sites excluding steroid dienone is 1. The minimum absolute atomic E-state index is 0.0135. The molecule has 1 N–H and O–H groups in total. The van der Waals surface area contributed by atoms with Gasteiger partial charge in [0.1, 0.15) is 5.75 Å². The molecule has 0 fully saturated rings. The first-order valence-electron chi connectivity index (χ1n) is 8.10. The molecule has 5 heteroatoms. The van der Waals surface area contributed by atoms with Crippen LogP contribution in [0.25, 0.3) is 11.3 Å². The molecule has 1 aliphatic carbocycles. The molecular weight excluding hydrogens is 320 g/mol. The van der Waals surface area contributed by atoms with Crippen molar-refractivity contribution < 1.29 is 5.11 Å². The lowest BCUT2D eigenvalue weighted by Crippen LogP contribution is -2.38. The molecule has 0 amide bonds. The number of nitrogens with zero attached hydrogens (tertiary/aromatic N) is 2. The molecule has 1 aromatic heterocycles. The highest BCUT2D eigenvalue weighted by Crippen LogP contribution is 2.42. The van der Waals surface area contributed by atoms with Gasteiger partial charge in [0, 0.05) is 23.1 Å². The molecule has 0 saturated carbocycles. The predicted molar refractivity (Wildman–Crippen MR) is 98.9 cm³/mol. The van der Waals surface area contributed by atoms with Crippen molar-refractivity contribution in [2.45, 2.75) is 44.3 Å². The lowest BCUT2D eigenvalue weighted by Gasteiger charge is -2.33. The third-order valence-electron chi connectivity index (χ3n) is 4.37. The van der Waals surface area contributed by atoms with E-state index in [1.807, 2.05) is 13.0 Å². The van der Waals surface area contributed by atoms with Gasteiger partial charge in [0.2, 0.25) is 0 Å². The van der Waals surface area contributed by atoms with Crippen LogP contribution in [0.3, 0.4) is 0 Å². The SMILES string of the molecule is C=CCn1c(SCC)nc2c(c1=O)C(C)(C)Cc1cc(O)ccc1-2. The minimum atomic E-state index is -0.335. The Balaban J connectivity index is 2.36. The van der Waals surface area contributed by atoms with Crippen molar-refractivity contribution in [3.05, 3.63) is 52.3 Å². The van der Waals surface area contributed by atoms with Crippen LogP contribution in [0.2, 0.25) is 0 Å². The molecular formula is C19H22N2O2S. The maximum atomic E-state index is 13.2. The summed E-state index contributed by atoms with van der Waals surface area (Å²) in [6.45, 7) is 10.4. The molecule has 0 radical (unpaired) electrons. The summed E-state index contributed by atoms with van der Waals surface area (Å²) in [5, 5.41) is 10.5. The molecule has 1 heterocycles. The normalized spacial score (nSPS) is 14.8. The number of aromatic nitrogens is 2. The number of aromatic hydroxyl groups is 1. The fourth-order valence-electron chi connectivity index (χ4n) is 3.39. The average molecular weight is 342 g/mol. The van der Waals surface area contributed by atoms with Crippen LogP contribution in [0.15, 0.2) is 40.8 Å². The molecule has 0 aliphatic heterocycles. The minimum Gasteiger partial charge on any atom is -0.508 e. The largest absolute Gasteiger partial charge is 0.508 e. The first-order chi connectivity index (χ1) is 11.4. The average Bonchev–Trinajstić information content (AvgIpc) is 2.49. The van der Waals surface area contributed by atoms with E-state index < -0.39 is 0 Å². The van der Waals surface area contributed by atoms with Gasteiger partial charge in [-0.3, -0.25) is 9.36 Å². The van der Waals surface area contributed by atoms with E-state index >= 15 is 0 Å². The van der Waals surface area contributed by atoms with E-state index in [1.165, 1.54) is 0 Å². The summed E-state index contributed by atoms with van der Waals surface area (Å²) in [5.74, 6) is 1.09. The molecule has 3 rings (SSSR count). The standard InChI is InChI=1S/C19H22N2O2S/c1-5-9-21-17(23)15-16(20-18(21)24-6-2)14-8-7-13(22)10-12(14)11-19(15,3)4/h5,7-8,10,22H,1,6,9,11H2,2-4H3. The van der Waals surface area contributed by atoms with Gasteiger partial charge in [-0.1, -0.05) is 38.6 Å². The van der Waals surface area contributed by atoms with E-state index in [-0.39, 0.29) is 16.7 Å². The highest BCUT2D eigenvalue weighted by atomic mass is 32.2. The van der Waals surface area contributed by atoms with Crippen LogP contribution in [0.4, 0.5) is 0 Å². The van der Waals surface area contributed by atoms with Crippen LogP contribution in [0.1, 0.15) is 31.9 Å². The van der Waals surface area contributed by atoms with Gasteiger partial charge in [0.15, 0.2) is 5.16 Å². The smallest absolute Gasteiger partial charge is 0.258 e. The third kappa shape index (κ3) is 2.67. The summed E-state index contributed by atoms with van der Waals surface area (Å²) in [6, 6.07) is 5.30. The van der Waals surface area contributed by atoms with Gasteiger partial charge < -0.3 is 5.11 Å². The number of fused-ring (bicyclic) bond motifs is 3. The topological polar surface area (TPSA) is 55.1 Å². The number of hydrogen-bond acceptors (Lipinski definition) is 4. The summed E-state index contributed by atoms with van der Waals surface area (Å²) in [4.78, 5) is 18.0. The maximum absolute atomic E-state index is 13.2. The Morgan fingerprint density at radius 2 is 2.21 bits per heavy atom. The number of benzene rings is 1. The Morgan fingerprint density at radius 3 is 2.88 bits per heavy atom. The van der Waals surface area contributed by atoms with Gasteiger partial charge in [-0.05, 0) is 35.9 Å². The van der Waals surface area contributed by atoms with E-state index in [9.17, 15) is 9.90 Å². The first-order valence-corrected chi connectivity index (χ1v) is 9.09. The van der Waals surface area contributed by atoms with Crippen LogP contribution in [0.5, 0.6) is 5.75 Å². The lowest BCUT2D eigenvalue weighted by atomic mass is 9.72. The Bertz CT molecular complexity index is 868. The second-order valence-corrected chi connectivity index (χ2v) is 7.89. The van der Waals surface area contributed by atoms with Gasteiger partial charge in [0.05, 0.1) is 5.69 Å². The van der Waals surface area contributed by atoms with Gasteiger partial charge >= 0.3 is 0 Å². The van der Waals surface area contributed by atoms with Crippen LogP contribution >= 0.6 is 11.8 Å². The molecule has 0 atom stereocenters. The molecule has 24 heavy (non-hydrogen) atoms. The maximum Gasteiger partial charge on any atom is 0.258 e. The Hall–Kier alpha value is -2.01. The van der Waals surface area contributed by atoms with E-state index in [0.717, 1.165) is 33.3 Å². The second-order valence-electron chi connectivity index (χ2n) is 6.66. The summed E-state index contributed by atoms with van der Waals surface area (Å²) in [6.07, 6.45) is 2.44. The van der Waals surface area contributed by atoms with Crippen molar-refractivity contribution in [1.29, 1.82) is 0 Å². The second kappa shape index (κ2) is 6.13. The fraction of sp³-hybridized carbons (Fsp3) is 0.368. The third-order valence-corrected chi connectivity index (χ3v) is 5.23. The molecule has 0 bridgehead atoms. The predicted octanol–water partition coefficient (Wildman–Crippen LogP) is 3.75. The van der Waals surface area contributed by atoms with E-state index in [0.29, 0.717) is 13.0 Å². The summed E-state index contributed by atoms with van der Waals surface area (Å²) >= 11 is 1.56. The molecule has 1 aliphatic rings. The molecule has 126 valence electrons. The van der Waals surface area contributed by atoms with Crippen molar-refractivity contribution in [1.82, 2.24) is 9.55 Å². The molecule has 2 aromatic rings. The fourth-order valence-corrected chi connectivity index (χ4v) is 4.12. The van der Waals surface area contributed by atoms with E-state index in [2.05, 4.69) is 20.4 Å². The van der Waals surface area contributed by atoms with Gasteiger partial charge in [0.25, 0.3) is 5.56 Å². The van der Waals surface area contributed by atoms with Crippen molar-refractivity contribution in [2.75, 3.05) is 5.75 Å². The Labute approximate surface area is 146 Å². The number of thioether (sulfide) groups is 1. The molecule has 4 nitrogen and oxygen atoms in total. The quantitative estimate of drug-likeness (QED) is 0.522. The van der Waals surface area contributed by atoms with E-state index in [4.69, 9.17) is 4.98 Å². The van der Waals surface area contributed by atoms with Crippen LogP contribution in [0, 0.1) is 0 Å². The zero-order valence-electron chi connectivity index (χ0n) is 14.3. The molecule has 0 saturated heterocycles.